The molecule has 0 aliphatic carbocycles. The van der Waals surface area contributed by atoms with Crippen molar-refractivity contribution in [2.75, 3.05) is 0 Å². The van der Waals surface area contributed by atoms with Crippen LogP contribution in [0.4, 0.5) is 0 Å². The average Bonchev–Trinajstić information content (AvgIpc) is 2.89. The van der Waals surface area contributed by atoms with Gasteiger partial charge in [0, 0.05) is 43.2 Å². The van der Waals surface area contributed by atoms with E-state index in [2.05, 4.69) is 5.10 Å². The minimum atomic E-state index is 0.220. The zero-order valence-corrected chi connectivity index (χ0v) is 10.3. The van der Waals surface area contributed by atoms with Gasteiger partial charge in [0.25, 0.3) is 0 Å². The van der Waals surface area contributed by atoms with Crippen molar-refractivity contribution in [3.05, 3.63) is 42.0 Å². The van der Waals surface area contributed by atoms with Crippen molar-refractivity contribution in [1.82, 2.24) is 14.3 Å². The molecule has 2 aromatic heterocycles. The van der Waals surface area contributed by atoms with Gasteiger partial charge in [-0.1, -0.05) is 6.92 Å². The lowest BCUT2D eigenvalue weighted by Crippen LogP contribution is -1.98. The lowest BCUT2D eigenvalue weighted by Gasteiger charge is -1.99. The molecule has 0 radical (unpaired) electrons. The molecule has 0 amide bonds. The Labute approximate surface area is 101 Å². The third kappa shape index (κ3) is 2.84. The van der Waals surface area contributed by atoms with Crippen LogP contribution < -0.4 is 0 Å². The molecule has 17 heavy (non-hydrogen) atoms. The molecular weight excluding hydrogens is 214 g/mol. The van der Waals surface area contributed by atoms with Gasteiger partial charge in [0.05, 0.1) is 12.7 Å². The normalized spacial score (nSPS) is 10.7. The van der Waals surface area contributed by atoms with Crippen LogP contribution in [-0.2, 0) is 13.6 Å². The number of carbonyl (C=O) groups is 1. The maximum Gasteiger partial charge on any atom is 0.164 e. The van der Waals surface area contributed by atoms with Gasteiger partial charge in [-0.05, 0) is 12.5 Å². The standard InChI is InChI=1S/C13H17N3O/c1-3-4-13(17)12-5-6-16(10-12)9-11-7-14-15(2)8-11/h5-8,10H,3-4,9H2,1-2H3. The van der Waals surface area contributed by atoms with Gasteiger partial charge in [-0.15, -0.1) is 0 Å². The van der Waals surface area contributed by atoms with Crippen LogP contribution in [0.5, 0.6) is 0 Å². The average molecular weight is 231 g/mol. The number of nitrogens with zero attached hydrogens (tertiary/aromatic N) is 3. The molecule has 90 valence electrons. The van der Waals surface area contributed by atoms with E-state index in [1.165, 1.54) is 0 Å². The summed E-state index contributed by atoms with van der Waals surface area (Å²) in [6.07, 6.45) is 9.19. The summed E-state index contributed by atoms with van der Waals surface area (Å²) in [5, 5.41) is 4.12. The summed E-state index contributed by atoms with van der Waals surface area (Å²) in [5.41, 5.74) is 1.94. The van der Waals surface area contributed by atoms with Gasteiger partial charge in [-0.25, -0.2) is 0 Å². The smallest absolute Gasteiger partial charge is 0.164 e. The third-order valence-corrected chi connectivity index (χ3v) is 2.67. The Kier molecular flexibility index (Phi) is 3.42. The summed E-state index contributed by atoms with van der Waals surface area (Å²) in [6, 6.07) is 1.88. The summed E-state index contributed by atoms with van der Waals surface area (Å²) in [6.45, 7) is 2.78. The predicted molar refractivity (Wildman–Crippen MR) is 66.0 cm³/mol. The van der Waals surface area contributed by atoms with Crippen LogP contribution in [-0.4, -0.2) is 20.1 Å². The predicted octanol–water partition coefficient (Wildman–Crippen LogP) is 2.25. The maximum atomic E-state index is 11.7. The van der Waals surface area contributed by atoms with Crippen molar-refractivity contribution in [3.63, 3.8) is 0 Å². The Morgan fingerprint density at radius 3 is 2.88 bits per heavy atom. The van der Waals surface area contributed by atoms with Crippen molar-refractivity contribution >= 4 is 5.78 Å². The van der Waals surface area contributed by atoms with Gasteiger partial charge >= 0.3 is 0 Å². The van der Waals surface area contributed by atoms with E-state index in [-0.39, 0.29) is 5.78 Å². The largest absolute Gasteiger partial charge is 0.349 e. The zero-order chi connectivity index (χ0) is 12.3. The number of hydrogen-bond acceptors (Lipinski definition) is 2. The molecule has 0 fully saturated rings. The fraction of sp³-hybridized carbons (Fsp3) is 0.385. The lowest BCUT2D eigenvalue weighted by atomic mass is 10.1. The van der Waals surface area contributed by atoms with E-state index in [4.69, 9.17) is 0 Å². The molecule has 0 saturated carbocycles. The maximum absolute atomic E-state index is 11.7. The summed E-state index contributed by atoms with van der Waals surface area (Å²) in [5.74, 6) is 0.220. The fourth-order valence-corrected chi connectivity index (χ4v) is 1.84. The topological polar surface area (TPSA) is 39.8 Å². The van der Waals surface area contributed by atoms with Crippen molar-refractivity contribution in [1.29, 1.82) is 0 Å². The number of hydrogen-bond donors (Lipinski definition) is 0. The van der Waals surface area contributed by atoms with Gasteiger partial charge in [0.1, 0.15) is 0 Å². The molecule has 4 heteroatoms. The second-order valence-corrected chi connectivity index (χ2v) is 4.27. The van der Waals surface area contributed by atoms with E-state index >= 15 is 0 Å². The van der Waals surface area contributed by atoms with Crippen LogP contribution in [0.15, 0.2) is 30.9 Å². The van der Waals surface area contributed by atoms with Gasteiger partial charge < -0.3 is 4.57 Å². The van der Waals surface area contributed by atoms with Crippen molar-refractivity contribution < 1.29 is 4.79 Å². The Balaban J connectivity index is 2.06. The number of aromatic nitrogens is 3. The Hall–Kier alpha value is -1.84. The molecule has 0 bridgehead atoms. The molecular formula is C13H17N3O. The molecule has 0 aromatic carbocycles. The first-order valence-electron chi connectivity index (χ1n) is 5.85. The quantitative estimate of drug-likeness (QED) is 0.740. The van der Waals surface area contributed by atoms with E-state index in [9.17, 15) is 4.79 Å². The molecule has 2 heterocycles. The van der Waals surface area contributed by atoms with E-state index < -0.39 is 0 Å². The zero-order valence-electron chi connectivity index (χ0n) is 10.3. The molecule has 4 nitrogen and oxygen atoms in total. The van der Waals surface area contributed by atoms with Crippen LogP contribution in [0.3, 0.4) is 0 Å². The molecule has 0 aliphatic rings. The second-order valence-electron chi connectivity index (χ2n) is 4.27. The molecule has 0 saturated heterocycles. The summed E-state index contributed by atoms with van der Waals surface area (Å²) in [4.78, 5) is 11.7. The Morgan fingerprint density at radius 2 is 2.24 bits per heavy atom. The SMILES string of the molecule is CCCC(=O)c1ccn(Cc2cnn(C)c2)c1. The van der Waals surface area contributed by atoms with Crippen LogP contribution in [0.25, 0.3) is 0 Å². The van der Waals surface area contributed by atoms with E-state index in [0.29, 0.717) is 6.42 Å². The molecule has 0 N–H and O–H groups in total. The first-order chi connectivity index (χ1) is 8.19. The highest BCUT2D eigenvalue weighted by atomic mass is 16.1. The molecule has 0 aliphatic heterocycles. The third-order valence-electron chi connectivity index (χ3n) is 2.67. The fourth-order valence-electron chi connectivity index (χ4n) is 1.84. The lowest BCUT2D eigenvalue weighted by molar-refractivity contribution is 0.0981. The highest BCUT2D eigenvalue weighted by Crippen LogP contribution is 2.08. The van der Waals surface area contributed by atoms with Crippen molar-refractivity contribution in [3.8, 4) is 0 Å². The monoisotopic (exact) mass is 231 g/mol. The first kappa shape index (κ1) is 11.6. The van der Waals surface area contributed by atoms with E-state index in [1.54, 1.807) is 4.68 Å². The number of carbonyl (C=O) groups excluding carboxylic acids is 1. The first-order valence-corrected chi connectivity index (χ1v) is 5.85. The minimum Gasteiger partial charge on any atom is -0.349 e. The van der Waals surface area contributed by atoms with Gasteiger partial charge in [0.2, 0.25) is 0 Å². The summed E-state index contributed by atoms with van der Waals surface area (Å²) < 4.78 is 3.79. The summed E-state index contributed by atoms with van der Waals surface area (Å²) >= 11 is 0. The van der Waals surface area contributed by atoms with E-state index in [1.807, 2.05) is 49.4 Å². The molecule has 2 rings (SSSR count). The Morgan fingerprint density at radius 1 is 1.41 bits per heavy atom. The minimum absolute atomic E-state index is 0.220. The highest BCUT2D eigenvalue weighted by Gasteiger charge is 2.06. The molecule has 0 unspecified atom stereocenters. The highest BCUT2D eigenvalue weighted by molar-refractivity contribution is 5.95. The van der Waals surface area contributed by atoms with Crippen LogP contribution in [0.1, 0.15) is 35.7 Å². The van der Waals surface area contributed by atoms with Crippen LogP contribution >= 0.6 is 0 Å². The van der Waals surface area contributed by atoms with Crippen LogP contribution in [0, 0.1) is 0 Å². The number of rotatable bonds is 5. The Bertz CT molecular complexity index is 510. The van der Waals surface area contributed by atoms with E-state index in [0.717, 1.165) is 24.1 Å². The molecule has 0 atom stereocenters. The number of aryl methyl sites for hydroxylation is 1. The number of ketones is 1. The van der Waals surface area contributed by atoms with Gasteiger partial charge in [-0.2, -0.15) is 5.10 Å². The van der Waals surface area contributed by atoms with Crippen LogP contribution in [0.2, 0.25) is 0 Å². The van der Waals surface area contributed by atoms with Crippen molar-refractivity contribution in [2.45, 2.75) is 26.3 Å². The molecule has 0 spiro atoms. The van der Waals surface area contributed by atoms with Crippen molar-refractivity contribution in [2.24, 2.45) is 7.05 Å². The number of Topliss-reactive ketones (excluding diaryl/α,β-unsaturated/α-hetero) is 1. The van der Waals surface area contributed by atoms with Gasteiger partial charge in [-0.3, -0.25) is 9.48 Å². The summed E-state index contributed by atoms with van der Waals surface area (Å²) in [7, 11) is 1.90. The molecule has 2 aromatic rings. The second kappa shape index (κ2) is 4.99. The van der Waals surface area contributed by atoms with Gasteiger partial charge in [0.15, 0.2) is 5.78 Å².